The first-order valence-electron chi connectivity index (χ1n) is 8.01. The van der Waals surface area contributed by atoms with Crippen LogP contribution in [0.4, 0.5) is 5.69 Å². The molecule has 1 aromatic rings. The van der Waals surface area contributed by atoms with Gasteiger partial charge in [0.05, 0.1) is 19.6 Å². The molecule has 1 fully saturated rings. The van der Waals surface area contributed by atoms with Crippen LogP contribution in [0.5, 0.6) is 5.75 Å². The summed E-state index contributed by atoms with van der Waals surface area (Å²) < 4.78 is 10.5. The highest BCUT2D eigenvalue weighted by atomic mass is 16.5. The molecule has 0 saturated carbocycles. The predicted octanol–water partition coefficient (Wildman–Crippen LogP) is 2.19. The molecule has 22 heavy (non-hydrogen) atoms. The number of esters is 1. The van der Waals surface area contributed by atoms with E-state index in [-0.39, 0.29) is 17.9 Å². The van der Waals surface area contributed by atoms with Crippen molar-refractivity contribution in [2.75, 3.05) is 31.2 Å². The van der Waals surface area contributed by atoms with Gasteiger partial charge in [-0.3, -0.25) is 4.79 Å². The van der Waals surface area contributed by atoms with Gasteiger partial charge in [-0.15, -0.1) is 0 Å². The molecule has 2 unspecified atom stereocenters. The van der Waals surface area contributed by atoms with E-state index in [0.717, 1.165) is 30.9 Å². The quantitative estimate of drug-likeness (QED) is 0.816. The zero-order chi connectivity index (χ0) is 15.9. The number of nitrogens with zero attached hydrogens (tertiary/aromatic N) is 1. The lowest BCUT2D eigenvalue weighted by molar-refractivity contribution is -0.144. The van der Waals surface area contributed by atoms with Crippen molar-refractivity contribution in [3.05, 3.63) is 24.3 Å². The predicted molar refractivity (Wildman–Crippen MR) is 87.2 cm³/mol. The van der Waals surface area contributed by atoms with Gasteiger partial charge >= 0.3 is 5.97 Å². The highest BCUT2D eigenvalue weighted by Crippen LogP contribution is 2.26. The van der Waals surface area contributed by atoms with E-state index in [1.807, 2.05) is 38.1 Å². The Bertz CT molecular complexity index is 475. The lowest BCUT2D eigenvalue weighted by Crippen LogP contribution is -2.47. The zero-order valence-electron chi connectivity index (χ0n) is 13.5. The summed E-state index contributed by atoms with van der Waals surface area (Å²) in [6.45, 7) is 6.54. The van der Waals surface area contributed by atoms with E-state index >= 15 is 0 Å². The van der Waals surface area contributed by atoms with Gasteiger partial charge in [0.25, 0.3) is 0 Å². The van der Waals surface area contributed by atoms with Crippen LogP contribution in [0.25, 0.3) is 0 Å². The Hall–Kier alpha value is -1.75. The monoisotopic (exact) mass is 306 g/mol. The van der Waals surface area contributed by atoms with Gasteiger partial charge in [0, 0.05) is 24.8 Å². The van der Waals surface area contributed by atoms with Crippen LogP contribution < -0.4 is 15.4 Å². The van der Waals surface area contributed by atoms with Crippen LogP contribution in [0.3, 0.4) is 0 Å². The molecule has 0 bridgehead atoms. The van der Waals surface area contributed by atoms with Crippen LogP contribution in [0.2, 0.25) is 0 Å². The molecule has 2 atom stereocenters. The number of nitrogens with two attached hydrogens (primary N) is 1. The first kappa shape index (κ1) is 16.6. The van der Waals surface area contributed by atoms with Crippen molar-refractivity contribution in [2.24, 2.45) is 11.7 Å². The van der Waals surface area contributed by atoms with E-state index in [0.29, 0.717) is 19.6 Å². The summed E-state index contributed by atoms with van der Waals surface area (Å²) in [5, 5.41) is 0. The van der Waals surface area contributed by atoms with Gasteiger partial charge in [-0.1, -0.05) is 0 Å². The molecule has 1 aliphatic rings. The minimum absolute atomic E-state index is 0.0831. The lowest BCUT2D eigenvalue weighted by atomic mass is 9.91. The summed E-state index contributed by atoms with van der Waals surface area (Å²) in [6, 6.07) is 8.12. The summed E-state index contributed by atoms with van der Waals surface area (Å²) >= 11 is 0. The molecular weight excluding hydrogens is 280 g/mol. The van der Waals surface area contributed by atoms with Crippen LogP contribution >= 0.6 is 0 Å². The van der Waals surface area contributed by atoms with Gasteiger partial charge in [-0.05, 0) is 50.5 Å². The molecule has 1 saturated heterocycles. The fraction of sp³-hybridized carbons (Fsp3) is 0.588. The number of benzene rings is 1. The fourth-order valence-corrected chi connectivity index (χ4v) is 2.98. The number of hydrogen-bond acceptors (Lipinski definition) is 5. The van der Waals surface area contributed by atoms with Gasteiger partial charge < -0.3 is 20.1 Å². The SMILES string of the molecule is CCOC(=O)CC1CC(N)CN(c2ccc(OCC)cc2)C1. The summed E-state index contributed by atoms with van der Waals surface area (Å²) in [6.07, 6.45) is 1.31. The van der Waals surface area contributed by atoms with Crippen molar-refractivity contribution in [3.8, 4) is 5.75 Å². The molecule has 122 valence electrons. The zero-order valence-corrected chi connectivity index (χ0v) is 13.5. The molecule has 0 aromatic heterocycles. The molecular formula is C17H26N2O3. The Labute approximate surface area is 132 Å². The Kier molecular flexibility index (Phi) is 6.07. The Morgan fingerprint density at radius 2 is 1.95 bits per heavy atom. The van der Waals surface area contributed by atoms with Gasteiger partial charge in [-0.25, -0.2) is 0 Å². The second-order valence-electron chi connectivity index (χ2n) is 5.70. The third-order valence-corrected chi connectivity index (χ3v) is 3.84. The summed E-state index contributed by atoms with van der Waals surface area (Å²) in [4.78, 5) is 13.9. The third kappa shape index (κ3) is 4.63. The minimum Gasteiger partial charge on any atom is -0.494 e. The van der Waals surface area contributed by atoms with Gasteiger partial charge in [-0.2, -0.15) is 0 Å². The standard InChI is InChI=1S/C17H26N2O3/c1-3-21-16-7-5-15(6-8-16)19-11-13(9-14(18)12-19)10-17(20)22-4-2/h5-8,13-14H,3-4,9-12,18H2,1-2H3. The maximum absolute atomic E-state index is 11.7. The summed E-state index contributed by atoms with van der Waals surface area (Å²) in [5.74, 6) is 0.984. The topological polar surface area (TPSA) is 64.8 Å². The number of carbonyl (C=O) groups is 1. The van der Waals surface area contributed by atoms with Crippen molar-refractivity contribution < 1.29 is 14.3 Å². The summed E-state index contributed by atoms with van der Waals surface area (Å²) in [7, 11) is 0. The van der Waals surface area contributed by atoms with Crippen LogP contribution in [0.15, 0.2) is 24.3 Å². The van der Waals surface area contributed by atoms with Crippen LogP contribution in [-0.4, -0.2) is 38.3 Å². The average molecular weight is 306 g/mol. The van der Waals surface area contributed by atoms with Crippen molar-refractivity contribution in [1.29, 1.82) is 0 Å². The molecule has 2 rings (SSSR count). The molecule has 0 amide bonds. The molecule has 2 N–H and O–H groups in total. The third-order valence-electron chi connectivity index (χ3n) is 3.84. The average Bonchev–Trinajstić information content (AvgIpc) is 2.48. The van der Waals surface area contributed by atoms with Crippen molar-refractivity contribution in [1.82, 2.24) is 0 Å². The smallest absolute Gasteiger partial charge is 0.306 e. The summed E-state index contributed by atoms with van der Waals surface area (Å²) in [5.41, 5.74) is 7.28. The van der Waals surface area contributed by atoms with Gasteiger partial charge in [0.15, 0.2) is 0 Å². The van der Waals surface area contributed by atoms with E-state index in [2.05, 4.69) is 4.90 Å². The van der Waals surface area contributed by atoms with E-state index in [9.17, 15) is 4.79 Å². The Morgan fingerprint density at radius 1 is 1.23 bits per heavy atom. The van der Waals surface area contributed by atoms with Gasteiger partial charge in [0.1, 0.15) is 5.75 Å². The Balaban J connectivity index is 1.99. The van der Waals surface area contributed by atoms with Crippen molar-refractivity contribution in [2.45, 2.75) is 32.7 Å². The highest BCUT2D eigenvalue weighted by molar-refractivity contribution is 5.69. The second kappa shape index (κ2) is 8.03. The number of anilines is 1. The van der Waals surface area contributed by atoms with Crippen LogP contribution in [-0.2, 0) is 9.53 Å². The number of piperidine rings is 1. The fourth-order valence-electron chi connectivity index (χ4n) is 2.98. The van der Waals surface area contributed by atoms with E-state index in [1.165, 1.54) is 0 Å². The number of ether oxygens (including phenoxy) is 2. The first-order valence-corrected chi connectivity index (χ1v) is 8.01. The normalized spacial score (nSPS) is 21.5. The molecule has 5 heteroatoms. The number of rotatable bonds is 6. The maximum Gasteiger partial charge on any atom is 0.306 e. The molecule has 1 heterocycles. The highest BCUT2D eigenvalue weighted by Gasteiger charge is 2.27. The number of carbonyl (C=O) groups excluding carboxylic acids is 1. The van der Waals surface area contributed by atoms with Crippen LogP contribution in [0, 0.1) is 5.92 Å². The molecule has 0 aliphatic carbocycles. The van der Waals surface area contributed by atoms with Crippen LogP contribution in [0.1, 0.15) is 26.7 Å². The van der Waals surface area contributed by atoms with E-state index < -0.39 is 0 Å². The molecule has 5 nitrogen and oxygen atoms in total. The molecule has 1 aromatic carbocycles. The molecule has 0 spiro atoms. The maximum atomic E-state index is 11.7. The largest absolute Gasteiger partial charge is 0.494 e. The molecule has 0 radical (unpaired) electrons. The van der Waals surface area contributed by atoms with E-state index in [1.54, 1.807) is 0 Å². The minimum atomic E-state index is -0.131. The lowest BCUT2D eigenvalue weighted by Gasteiger charge is -2.37. The van der Waals surface area contributed by atoms with E-state index in [4.69, 9.17) is 15.2 Å². The number of hydrogen-bond donors (Lipinski definition) is 1. The van der Waals surface area contributed by atoms with Crippen molar-refractivity contribution >= 4 is 11.7 Å². The molecule has 1 aliphatic heterocycles. The Morgan fingerprint density at radius 3 is 2.59 bits per heavy atom. The second-order valence-corrected chi connectivity index (χ2v) is 5.70. The van der Waals surface area contributed by atoms with Crippen molar-refractivity contribution in [3.63, 3.8) is 0 Å². The first-order chi connectivity index (χ1) is 10.6. The van der Waals surface area contributed by atoms with Gasteiger partial charge in [0.2, 0.25) is 0 Å².